The highest BCUT2D eigenvalue weighted by Crippen LogP contribution is 2.20. The summed E-state index contributed by atoms with van der Waals surface area (Å²) >= 11 is 5.91. The van der Waals surface area contributed by atoms with Crippen molar-refractivity contribution in [1.29, 1.82) is 0 Å². The van der Waals surface area contributed by atoms with E-state index >= 15 is 0 Å². The number of nitrogens with one attached hydrogen (secondary N) is 1. The highest BCUT2D eigenvalue weighted by atomic mass is 35.5. The second-order valence-corrected chi connectivity index (χ2v) is 5.71. The van der Waals surface area contributed by atoms with E-state index in [1.165, 1.54) is 6.20 Å². The fraction of sp³-hybridized carbons (Fsp3) is 0.312. The number of nitrogens with zero attached hydrogens (tertiary/aromatic N) is 3. The van der Waals surface area contributed by atoms with Gasteiger partial charge in [0.2, 0.25) is 0 Å². The summed E-state index contributed by atoms with van der Waals surface area (Å²) < 4.78 is 5.31. The van der Waals surface area contributed by atoms with Crippen molar-refractivity contribution in [3.63, 3.8) is 0 Å². The molecule has 1 amide bonds. The van der Waals surface area contributed by atoms with Gasteiger partial charge in [-0.3, -0.25) is 4.79 Å². The van der Waals surface area contributed by atoms with Crippen LogP contribution in [0.25, 0.3) is 0 Å². The molecule has 23 heavy (non-hydrogen) atoms. The Morgan fingerprint density at radius 2 is 2.04 bits per heavy atom. The van der Waals surface area contributed by atoms with E-state index in [2.05, 4.69) is 20.2 Å². The van der Waals surface area contributed by atoms with Crippen LogP contribution >= 0.6 is 11.6 Å². The minimum Gasteiger partial charge on any atom is -0.378 e. The summed E-state index contributed by atoms with van der Waals surface area (Å²) in [7, 11) is 0. The molecule has 7 heteroatoms. The van der Waals surface area contributed by atoms with Crippen molar-refractivity contribution in [2.75, 3.05) is 36.5 Å². The third kappa shape index (κ3) is 3.78. The van der Waals surface area contributed by atoms with Crippen molar-refractivity contribution in [2.24, 2.45) is 0 Å². The first-order valence-electron chi connectivity index (χ1n) is 7.36. The number of halogens is 1. The van der Waals surface area contributed by atoms with Gasteiger partial charge in [-0.15, -0.1) is 0 Å². The predicted octanol–water partition coefficient (Wildman–Crippen LogP) is 2.53. The van der Waals surface area contributed by atoms with E-state index < -0.39 is 0 Å². The molecule has 0 bridgehead atoms. The molecule has 0 spiro atoms. The number of ether oxygens (including phenoxy) is 1. The third-order valence-electron chi connectivity index (χ3n) is 3.64. The lowest BCUT2D eigenvalue weighted by Gasteiger charge is -2.27. The Kier molecular flexibility index (Phi) is 4.73. The number of aromatic nitrogens is 2. The summed E-state index contributed by atoms with van der Waals surface area (Å²) in [6.07, 6.45) is 3.11. The largest absolute Gasteiger partial charge is 0.378 e. The first-order chi connectivity index (χ1) is 11.1. The molecular formula is C16H17ClN4O2. The maximum Gasteiger partial charge on any atom is 0.275 e. The van der Waals surface area contributed by atoms with Crippen molar-refractivity contribution in [3.8, 4) is 0 Å². The average Bonchev–Trinajstić information content (AvgIpc) is 2.58. The lowest BCUT2D eigenvalue weighted by atomic mass is 10.2. The van der Waals surface area contributed by atoms with E-state index in [-0.39, 0.29) is 11.6 Å². The lowest BCUT2D eigenvalue weighted by Crippen LogP contribution is -2.36. The van der Waals surface area contributed by atoms with Gasteiger partial charge in [0, 0.05) is 23.8 Å². The Balaban J connectivity index is 1.69. The maximum absolute atomic E-state index is 12.3. The van der Waals surface area contributed by atoms with Crippen LogP contribution in [0.3, 0.4) is 0 Å². The summed E-state index contributed by atoms with van der Waals surface area (Å²) in [6, 6.07) is 5.30. The molecule has 1 aliphatic heterocycles. The Morgan fingerprint density at radius 3 is 2.70 bits per heavy atom. The average molecular weight is 333 g/mol. The molecule has 0 unspecified atom stereocenters. The highest BCUT2D eigenvalue weighted by molar-refractivity contribution is 6.30. The topological polar surface area (TPSA) is 67.4 Å². The van der Waals surface area contributed by atoms with Gasteiger partial charge < -0.3 is 15.0 Å². The van der Waals surface area contributed by atoms with Crippen molar-refractivity contribution in [2.45, 2.75) is 6.92 Å². The Labute approximate surface area is 139 Å². The van der Waals surface area contributed by atoms with E-state index in [0.29, 0.717) is 23.9 Å². The zero-order valence-corrected chi connectivity index (χ0v) is 13.5. The molecule has 0 atom stereocenters. The van der Waals surface area contributed by atoms with E-state index in [4.69, 9.17) is 16.3 Å². The molecular weight excluding hydrogens is 316 g/mol. The minimum absolute atomic E-state index is 0.274. The number of amides is 1. The molecule has 1 aromatic heterocycles. The SMILES string of the molecule is Cc1cc(Cl)ccc1NC(=O)c1cnc(N2CCOCC2)cn1. The van der Waals surface area contributed by atoms with Crippen molar-refractivity contribution in [3.05, 3.63) is 46.9 Å². The molecule has 1 aliphatic rings. The molecule has 1 aromatic carbocycles. The number of morpholine rings is 1. The molecule has 0 saturated carbocycles. The van der Waals surface area contributed by atoms with Crippen LogP contribution < -0.4 is 10.2 Å². The Bertz CT molecular complexity index is 700. The third-order valence-corrected chi connectivity index (χ3v) is 3.88. The lowest BCUT2D eigenvalue weighted by molar-refractivity contribution is 0.102. The van der Waals surface area contributed by atoms with Crippen LogP contribution in [-0.2, 0) is 4.74 Å². The van der Waals surface area contributed by atoms with Gasteiger partial charge in [-0.2, -0.15) is 0 Å². The zero-order chi connectivity index (χ0) is 16.2. The van der Waals surface area contributed by atoms with Gasteiger partial charge in [0.05, 0.1) is 25.6 Å². The summed E-state index contributed by atoms with van der Waals surface area (Å²) in [4.78, 5) is 22.9. The van der Waals surface area contributed by atoms with E-state index in [1.807, 2.05) is 6.92 Å². The molecule has 6 nitrogen and oxygen atoms in total. The van der Waals surface area contributed by atoms with Crippen LogP contribution in [0.15, 0.2) is 30.6 Å². The van der Waals surface area contributed by atoms with E-state index in [0.717, 1.165) is 24.5 Å². The molecule has 3 rings (SSSR count). The molecule has 2 aromatic rings. The Hall–Kier alpha value is -2.18. The second kappa shape index (κ2) is 6.93. The number of carbonyl (C=O) groups is 1. The fourth-order valence-electron chi connectivity index (χ4n) is 2.35. The molecule has 2 heterocycles. The normalized spacial score (nSPS) is 14.6. The second-order valence-electron chi connectivity index (χ2n) is 5.27. The fourth-order valence-corrected chi connectivity index (χ4v) is 2.57. The molecule has 0 radical (unpaired) electrons. The summed E-state index contributed by atoms with van der Waals surface area (Å²) in [5, 5.41) is 3.45. The van der Waals surface area contributed by atoms with Crippen LogP contribution in [0.1, 0.15) is 16.1 Å². The van der Waals surface area contributed by atoms with Gasteiger partial charge >= 0.3 is 0 Å². The van der Waals surface area contributed by atoms with Crippen LogP contribution in [0.5, 0.6) is 0 Å². The standard InChI is InChI=1S/C16H17ClN4O2/c1-11-8-12(17)2-3-13(11)20-16(22)14-9-19-15(10-18-14)21-4-6-23-7-5-21/h2-3,8-10H,4-7H2,1H3,(H,20,22). The van der Waals surface area contributed by atoms with Gasteiger partial charge in [-0.1, -0.05) is 11.6 Å². The number of carbonyl (C=O) groups excluding carboxylic acids is 1. The Morgan fingerprint density at radius 1 is 1.26 bits per heavy atom. The zero-order valence-electron chi connectivity index (χ0n) is 12.8. The van der Waals surface area contributed by atoms with Crippen LogP contribution in [0, 0.1) is 6.92 Å². The molecule has 1 N–H and O–H groups in total. The van der Waals surface area contributed by atoms with Crippen LogP contribution in [0.2, 0.25) is 5.02 Å². The van der Waals surface area contributed by atoms with Crippen molar-refractivity contribution >= 4 is 29.0 Å². The van der Waals surface area contributed by atoms with E-state index in [9.17, 15) is 4.79 Å². The molecule has 0 aliphatic carbocycles. The number of rotatable bonds is 3. The quantitative estimate of drug-likeness (QED) is 0.935. The van der Waals surface area contributed by atoms with Gasteiger partial charge in [0.1, 0.15) is 11.5 Å². The van der Waals surface area contributed by atoms with Gasteiger partial charge in [-0.25, -0.2) is 9.97 Å². The van der Waals surface area contributed by atoms with Crippen LogP contribution in [-0.4, -0.2) is 42.2 Å². The van der Waals surface area contributed by atoms with Crippen molar-refractivity contribution in [1.82, 2.24) is 9.97 Å². The predicted molar refractivity (Wildman–Crippen MR) is 89.2 cm³/mol. The number of hydrogen-bond acceptors (Lipinski definition) is 5. The monoisotopic (exact) mass is 332 g/mol. The molecule has 120 valence electrons. The number of benzene rings is 1. The maximum atomic E-state index is 12.3. The minimum atomic E-state index is -0.295. The van der Waals surface area contributed by atoms with E-state index in [1.54, 1.807) is 24.4 Å². The molecule has 1 fully saturated rings. The first kappa shape index (κ1) is 15.7. The summed E-state index contributed by atoms with van der Waals surface area (Å²) in [6.45, 7) is 4.81. The number of aryl methyl sites for hydroxylation is 1. The van der Waals surface area contributed by atoms with Crippen LogP contribution in [0.4, 0.5) is 11.5 Å². The van der Waals surface area contributed by atoms with Gasteiger partial charge in [0.25, 0.3) is 5.91 Å². The first-order valence-corrected chi connectivity index (χ1v) is 7.73. The van der Waals surface area contributed by atoms with Crippen molar-refractivity contribution < 1.29 is 9.53 Å². The summed E-state index contributed by atoms with van der Waals surface area (Å²) in [5.74, 6) is 0.462. The molecule has 1 saturated heterocycles. The smallest absolute Gasteiger partial charge is 0.275 e. The highest BCUT2D eigenvalue weighted by Gasteiger charge is 2.15. The van der Waals surface area contributed by atoms with Gasteiger partial charge in [0.15, 0.2) is 0 Å². The number of anilines is 2. The number of hydrogen-bond donors (Lipinski definition) is 1. The summed E-state index contributed by atoms with van der Waals surface area (Å²) in [5.41, 5.74) is 1.87. The van der Waals surface area contributed by atoms with Gasteiger partial charge in [-0.05, 0) is 30.7 Å².